The van der Waals surface area contributed by atoms with Gasteiger partial charge in [-0.05, 0) is 24.7 Å². The lowest BCUT2D eigenvalue weighted by Crippen LogP contribution is -2.17. The Bertz CT molecular complexity index is 192. The number of hydrogen-bond donors (Lipinski definition) is 0. The highest BCUT2D eigenvalue weighted by Crippen LogP contribution is 2.30. The molecule has 0 heterocycles. The van der Waals surface area contributed by atoms with E-state index in [1.54, 1.807) is 7.05 Å². The average molecular weight is 180 g/mol. The Balaban J connectivity index is 2.29. The van der Waals surface area contributed by atoms with E-state index < -0.39 is 0 Å². The number of rotatable bonds is 3. The van der Waals surface area contributed by atoms with E-state index in [1.807, 2.05) is 0 Å². The molecule has 13 heavy (non-hydrogen) atoms. The summed E-state index contributed by atoms with van der Waals surface area (Å²) in [4.78, 5) is 7.91. The van der Waals surface area contributed by atoms with Crippen LogP contribution in [0.15, 0.2) is 9.98 Å². The number of nitrogens with zero attached hydrogens (tertiary/aromatic N) is 2. The topological polar surface area (TPSA) is 24.7 Å². The second kappa shape index (κ2) is 5.93. The minimum absolute atomic E-state index is 0.799. The van der Waals surface area contributed by atoms with Crippen molar-refractivity contribution in [3.63, 3.8) is 0 Å². The van der Waals surface area contributed by atoms with Gasteiger partial charge in [-0.25, -0.2) is 9.98 Å². The van der Waals surface area contributed by atoms with Gasteiger partial charge in [0.1, 0.15) is 0 Å². The van der Waals surface area contributed by atoms with E-state index in [0.29, 0.717) is 0 Å². The highest BCUT2D eigenvalue weighted by molar-refractivity contribution is 5.40. The summed E-state index contributed by atoms with van der Waals surface area (Å²) in [6.07, 6.45) is 6.87. The van der Waals surface area contributed by atoms with E-state index >= 15 is 0 Å². The summed E-state index contributed by atoms with van der Waals surface area (Å²) in [6, 6.07) is 2.68. The zero-order valence-corrected chi connectivity index (χ0v) is 8.79. The molecule has 0 aromatic rings. The zero-order chi connectivity index (χ0) is 9.52. The summed E-state index contributed by atoms with van der Waals surface area (Å²) in [7, 11) is 1.72. The van der Waals surface area contributed by atoms with Gasteiger partial charge in [0.2, 0.25) is 0 Å². The molecule has 0 radical (unpaired) electrons. The van der Waals surface area contributed by atoms with Gasteiger partial charge < -0.3 is 0 Å². The highest BCUT2D eigenvalue weighted by atomic mass is 14.8. The zero-order valence-electron chi connectivity index (χ0n) is 8.79. The predicted octanol–water partition coefficient (Wildman–Crippen LogP) is 3.01. The van der Waals surface area contributed by atoms with Crippen molar-refractivity contribution in [2.24, 2.45) is 21.8 Å². The molecule has 74 valence electrons. The third-order valence-electron chi connectivity index (χ3n) is 2.99. The normalized spacial score (nSPS) is 27.8. The molecule has 0 N–H and O–H groups in total. The predicted molar refractivity (Wildman–Crippen MR) is 56.4 cm³/mol. The monoisotopic (exact) mass is 180 g/mol. The van der Waals surface area contributed by atoms with E-state index in [2.05, 4.69) is 22.9 Å². The minimum Gasteiger partial charge on any atom is -0.229 e. The molecule has 2 unspecified atom stereocenters. The SMILES string of the molecule is CCC1CCCC(CN=C=NC)C1. The quantitative estimate of drug-likeness (QED) is 0.596. The smallest absolute Gasteiger partial charge is 0.0889 e. The Morgan fingerprint density at radius 3 is 2.77 bits per heavy atom. The number of hydrogen-bond acceptors (Lipinski definition) is 2. The van der Waals surface area contributed by atoms with E-state index in [4.69, 9.17) is 0 Å². The van der Waals surface area contributed by atoms with Crippen LogP contribution < -0.4 is 0 Å². The Hall–Kier alpha value is -0.620. The molecule has 0 saturated heterocycles. The van der Waals surface area contributed by atoms with Gasteiger partial charge in [-0.1, -0.05) is 26.2 Å². The van der Waals surface area contributed by atoms with Crippen LogP contribution in [-0.2, 0) is 0 Å². The van der Waals surface area contributed by atoms with Gasteiger partial charge in [0.15, 0.2) is 0 Å². The first-order valence-corrected chi connectivity index (χ1v) is 5.37. The number of aliphatic imine (C=N–C) groups is 2. The molecule has 1 fully saturated rings. The maximum atomic E-state index is 4.17. The van der Waals surface area contributed by atoms with Crippen LogP contribution in [0.25, 0.3) is 0 Å². The van der Waals surface area contributed by atoms with Crippen molar-refractivity contribution in [3.05, 3.63) is 0 Å². The minimum atomic E-state index is 0.799. The molecular formula is C11H20N2. The van der Waals surface area contributed by atoms with Crippen LogP contribution in [0.5, 0.6) is 0 Å². The van der Waals surface area contributed by atoms with E-state index in [9.17, 15) is 0 Å². The molecule has 0 spiro atoms. The maximum Gasteiger partial charge on any atom is 0.0889 e. The fourth-order valence-electron chi connectivity index (χ4n) is 2.18. The molecule has 2 nitrogen and oxygen atoms in total. The van der Waals surface area contributed by atoms with Gasteiger partial charge in [-0.2, -0.15) is 0 Å². The Morgan fingerprint density at radius 2 is 2.08 bits per heavy atom. The van der Waals surface area contributed by atoms with Crippen LogP contribution in [0.1, 0.15) is 39.0 Å². The Kier molecular flexibility index (Phi) is 4.77. The fraction of sp³-hybridized carbons (Fsp3) is 0.909. The molecule has 1 rings (SSSR count). The molecule has 1 saturated carbocycles. The molecule has 0 aromatic carbocycles. The Morgan fingerprint density at radius 1 is 1.31 bits per heavy atom. The molecule has 0 aliphatic heterocycles. The van der Waals surface area contributed by atoms with Crippen molar-refractivity contribution in [3.8, 4) is 0 Å². The average Bonchev–Trinajstić information content (AvgIpc) is 2.19. The van der Waals surface area contributed by atoms with Crippen LogP contribution in [0, 0.1) is 11.8 Å². The van der Waals surface area contributed by atoms with Crippen LogP contribution in [0.3, 0.4) is 0 Å². The molecule has 1 aliphatic rings. The molecular weight excluding hydrogens is 160 g/mol. The summed E-state index contributed by atoms with van der Waals surface area (Å²) in [5.74, 6) is 1.75. The van der Waals surface area contributed by atoms with Gasteiger partial charge in [0.05, 0.1) is 12.6 Å². The van der Waals surface area contributed by atoms with Crippen LogP contribution in [0.4, 0.5) is 0 Å². The first-order chi connectivity index (χ1) is 6.36. The lowest BCUT2D eigenvalue weighted by atomic mass is 9.80. The summed E-state index contributed by atoms with van der Waals surface area (Å²) in [5.41, 5.74) is 0. The van der Waals surface area contributed by atoms with Crippen molar-refractivity contribution >= 4 is 6.01 Å². The van der Waals surface area contributed by atoms with Gasteiger partial charge >= 0.3 is 0 Å². The molecule has 0 amide bonds. The summed E-state index contributed by atoms with van der Waals surface area (Å²) >= 11 is 0. The summed E-state index contributed by atoms with van der Waals surface area (Å²) < 4.78 is 0. The lowest BCUT2D eigenvalue weighted by molar-refractivity contribution is 0.267. The highest BCUT2D eigenvalue weighted by Gasteiger charge is 2.19. The second-order valence-corrected chi connectivity index (χ2v) is 3.97. The van der Waals surface area contributed by atoms with Crippen LogP contribution >= 0.6 is 0 Å². The first-order valence-electron chi connectivity index (χ1n) is 5.37. The van der Waals surface area contributed by atoms with Gasteiger partial charge in [0.25, 0.3) is 0 Å². The summed E-state index contributed by atoms with van der Waals surface area (Å²) in [6.45, 7) is 3.23. The second-order valence-electron chi connectivity index (χ2n) is 3.97. The molecule has 2 heteroatoms. The van der Waals surface area contributed by atoms with Crippen molar-refractivity contribution in [2.45, 2.75) is 39.0 Å². The van der Waals surface area contributed by atoms with Crippen LogP contribution in [-0.4, -0.2) is 19.6 Å². The standard InChI is InChI=1S/C11H20N2/c1-3-10-5-4-6-11(7-10)8-13-9-12-2/h10-11H,3-8H2,1-2H3. The summed E-state index contributed by atoms with van der Waals surface area (Å²) in [5, 5.41) is 0. The lowest BCUT2D eigenvalue weighted by Gasteiger charge is -2.26. The third kappa shape index (κ3) is 3.73. The van der Waals surface area contributed by atoms with Gasteiger partial charge in [-0.3, -0.25) is 0 Å². The third-order valence-corrected chi connectivity index (χ3v) is 2.99. The van der Waals surface area contributed by atoms with Crippen molar-refractivity contribution in [1.82, 2.24) is 0 Å². The van der Waals surface area contributed by atoms with Gasteiger partial charge in [0, 0.05) is 7.05 Å². The molecule has 2 atom stereocenters. The Labute approximate surface area is 81.2 Å². The maximum absolute atomic E-state index is 4.17. The first kappa shape index (κ1) is 10.5. The van der Waals surface area contributed by atoms with Gasteiger partial charge in [-0.15, -0.1) is 0 Å². The molecule has 0 bridgehead atoms. The van der Waals surface area contributed by atoms with E-state index in [0.717, 1.165) is 18.4 Å². The largest absolute Gasteiger partial charge is 0.229 e. The molecule has 1 aliphatic carbocycles. The fourth-order valence-corrected chi connectivity index (χ4v) is 2.18. The van der Waals surface area contributed by atoms with E-state index in [1.165, 1.54) is 32.1 Å². The van der Waals surface area contributed by atoms with Crippen molar-refractivity contribution in [2.75, 3.05) is 13.6 Å². The molecule has 0 aromatic heterocycles. The van der Waals surface area contributed by atoms with E-state index in [-0.39, 0.29) is 0 Å². The van der Waals surface area contributed by atoms with Crippen molar-refractivity contribution < 1.29 is 0 Å². The van der Waals surface area contributed by atoms with Crippen LogP contribution in [0.2, 0.25) is 0 Å². The van der Waals surface area contributed by atoms with Crippen molar-refractivity contribution in [1.29, 1.82) is 0 Å².